The van der Waals surface area contributed by atoms with Crippen LogP contribution in [-0.2, 0) is 63.6 Å². The number of aliphatic hydroxyl groups is 1. The summed E-state index contributed by atoms with van der Waals surface area (Å²) in [6, 6.07) is 6.48. The van der Waals surface area contributed by atoms with Crippen LogP contribution in [0.25, 0.3) is 0 Å². The van der Waals surface area contributed by atoms with Gasteiger partial charge in [-0.05, 0) is 36.2 Å². The molecule has 2 saturated heterocycles. The van der Waals surface area contributed by atoms with Crippen LogP contribution in [0.2, 0.25) is 0 Å². The highest BCUT2D eigenvalue weighted by atomic mass is 16.6. The molecule has 0 bridgehead atoms. The van der Waals surface area contributed by atoms with Crippen LogP contribution in [0.3, 0.4) is 0 Å². The van der Waals surface area contributed by atoms with Gasteiger partial charge in [0.2, 0.25) is 29.5 Å². The lowest BCUT2D eigenvalue weighted by Gasteiger charge is -2.41. The van der Waals surface area contributed by atoms with Crippen molar-refractivity contribution < 1.29 is 62.2 Å². The molecule has 2 fully saturated rings. The molecule has 0 radical (unpaired) electrons. The smallest absolute Gasteiger partial charge is 0.245 e. The molecule has 5 N–H and O–H groups in total. The lowest BCUT2D eigenvalue weighted by atomic mass is 9.89. The second kappa shape index (κ2) is 36.2. The Bertz CT molecular complexity index is 1740. The average Bonchev–Trinajstić information content (AvgIpc) is 3.88. The number of aliphatic hydroxyl groups excluding tert-OH is 1. The van der Waals surface area contributed by atoms with Crippen LogP contribution in [0.5, 0.6) is 0 Å². The molecule has 20 nitrogen and oxygen atoms in total. The summed E-state index contributed by atoms with van der Waals surface area (Å²) in [4.78, 5) is 76.6. The molecule has 3 rings (SSSR count). The largest absolute Gasteiger partial charge is 0.394 e. The molecule has 1 aromatic rings. The van der Waals surface area contributed by atoms with Crippen LogP contribution in [0.15, 0.2) is 30.3 Å². The van der Waals surface area contributed by atoms with Gasteiger partial charge in [0.15, 0.2) is 0 Å². The fourth-order valence-corrected chi connectivity index (χ4v) is 9.91. The number of hydrogen-bond donors (Lipinski definition) is 5. The zero-order chi connectivity index (χ0) is 54.4. The number of nitrogens with zero attached hydrogens (tertiary/aromatic N) is 3. The van der Waals surface area contributed by atoms with Crippen LogP contribution in [0.4, 0.5) is 0 Å². The molecule has 424 valence electrons. The minimum absolute atomic E-state index is 0.0133. The zero-order valence-electron chi connectivity index (χ0n) is 46.5. The predicted molar refractivity (Wildman–Crippen MR) is 282 cm³/mol. The van der Waals surface area contributed by atoms with E-state index in [9.17, 15) is 24.0 Å². The highest BCUT2D eigenvalue weighted by Gasteiger charge is 2.44. The van der Waals surface area contributed by atoms with Gasteiger partial charge in [-0.2, -0.15) is 0 Å². The van der Waals surface area contributed by atoms with E-state index in [0.717, 1.165) is 31.7 Å². The molecule has 2 heterocycles. The third-order valence-electron chi connectivity index (χ3n) is 14.1. The number of piperazine rings is 1. The van der Waals surface area contributed by atoms with E-state index in [0.29, 0.717) is 85.3 Å². The zero-order valence-corrected chi connectivity index (χ0v) is 46.5. The van der Waals surface area contributed by atoms with E-state index < -0.39 is 42.3 Å². The van der Waals surface area contributed by atoms with E-state index in [2.05, 4.69) is 26.2 Å². The fraction of sp³-hybridized carbons (Fsp3) is 0.796. The molecule has 0 aromatic heterocycles. The lowest BCUT2D eigenvalue weighted by Crippen LogP contribution is -2.61. The van der Waals surface area contributed by atoms with Gasteiger partial charge in [-0.25, -0.2) is 0 Å². The first-order chi connectivity index (χ1) is 35.6. The highest BCUT2D eigenvalue weighted by Crippen LogP contribution is 2.30. The Balaban J connectivity index is 1.61. The Morgan fingerprint density at radius 1 is 0.743 bits per heavy atom. The Morgan fingerprint density at radius 2 is 1.32 bits per heavy atom. The molecule has 2 aliphatic rings. The normalized spacial score (nSPS) is 18.6. The SMILES string of the molecule is CC[C@H](C)[C@@H]([C@@H](CC(=O)N1CCC[C@H]1[C@H](OC)[C@@H](C)C(=O)N[C@@H](Cc1ccccc1)C(=O)NCCOCCOCCOCCOCCOCCO)OC)N(C)C(=O)[C@@H](NC(=O)[C@H](C(C)C)N1CCNCC1)C(C)C. The Morgan fingerprint density at radius 3 is 1.85 bits per heavy atom. The number of likely N-dealkylation sites (tertiary alicyclic amines) is 1. The molecule has 0 saturated carbocycles. The van der Waals surface area contributed by atoms with Gasteiger partial charge >= 0.3 is 0 Å². The van der Waals surface area contributed by atoms with E-state index >= 15 is 0 Å². The number of carbonyl (C=O) groups is 5. The maximum absolute atomic E-state index is 14.6. The van der Waals surface area contributed by atoms with E-state index in [1.807, 2.05) is 71.9 Å². The van der Waals surface area contributed by atoms with Crippen LogP contribution in [0, 0.1) is 23.7 Å². The number of carbonyl (C=O) groups excluding carboxylic acids is 5. The molecule has 0 unspecified atom stereocenters. The maximum atomic E-state index is 14.6. The van der Waals surface area contributed by atoms with Gasteiger partial charge in [-0.15, -0.1) is 0 Å². The quantitative estimate of drug-likeness (QED) is 0.0597. The first kappa shape index (κ1) is 64.5. The van der Waals surface area contributed by atoms with Crippen LogP contribution in [-0.4, -0.2) is 225 Å². The summed E-state index contributed by atoms with van der Waals surface area (Å²) >= 11 is 0. The predicted octanol–water partition coefficient (Wildman–Crippen LogP) is 1.90. The first-order valence-corrected chi connectivity index (χ1v) is 27.1. The second-order valence-corrected chi connectivity index (χ2v) is 20.1. The molecule has 74 heavy (non-hydrogen) atoms. The number of nitrogens with one attached hydrogen (secondary N) is 4. The summed E-state index contributed by atoms with van der Waals surface area (Å²) in [6.07, 6.45) is 0.918. The van der Waals surface area contributed by atoms with Crippen LogP contribution >= 0.6 is 0 Å². The number of likely N-dealkylation sites (N-methyl/N-ethyl adjacent to an activating group) is 1. The Kier molecular flexibility index (Phi) is 31.6. The standard InChI is InChI=1S/C54H95N7O13/c1-11-40(6)49(59(8)54(67)47(38(2)3)58-53(66)48(39(4)5)60-23-19-55-20-24-60)45(68-9)37-46(63)61-22-15-18-44(61)50(69-10)41(7)51(64)57-43(36-42-16-13-12-14-17-42)52(65)56-21-26-70-28-30-72-32-34-74-35-33-73-31-29-71-27-25-62/h12-14,16-17,38-41,43-45,47-50,55,62H,11,15,18-37H2,1-10H3,(H,56,65)(H,57,64)(H,58,66)/t40-,41+,43-,44-,45+,47-,48-,49-,50+/m0/s1. The van der Waals surface area contributed by atoms with Gasteiger partial charge < -0.3 is 69.3 Å². The van der Waals surface area contributed by atoms with Crippen LogP contribution in [0.1, 0.15) is 79.7 Å². The molecule has 0 aliphatic carbocycles. The lowest BCUT2D eigenvalue weighted by molar-refractivity contribution is -0.148. The number of methoxy groups -OCH3 is 2. The third-order valence-corrected chi connectivity index (χ3v) is 14.1. The number of amides is 5. The van der Waals surface area contributed by atoms with E-state index in [4.69, 9.17) is 38.3 Å². The molecular formula is C54H95N7O13. The Hall–Kier alpha value is -3.83. The molecule has 20 heteroatoms. The summed E-state index contributed by atoms with van der Waals surface area (Å²) in [7, 11) is 4.84. The van der Waals surface area contributed by atoms with Crippen molar-refractivity contribution in [3.63, 3.8) is 0 Å². The third kappa shape index (κ3) is 21.7. The summed E-state index contributed by atoms with van der Waals surface area (Å²) in [6.45, 7) is 21.3. The second-order valence-electron chi connectivity index (χ2n) is 20.1. The summed E-state index contributed by atoms with van der Waals surface area (Å²) in [5, 5.41) is 21.1. The van der Waals surface area contributed by atoms with Gasteiger partial charge in [0.05, 0.1) is 115 Å². The number of ether oxygens (including phenoxy) is 7. The van der Waals surface area contributed by atoms with Gasteiger partial charge in [0, 0.05) is 67.0 Å². The highest BCUT2D eigenvalue weighted by molar-refractivity contribution is 5.91. The van der Waals surface area contributed by atoms with Crippen molar-refractivity contribution in [1.29, 1.82) is 0 Å². The van der Waals surface area contributed by atoms with Gasteiger partial charge in [-0.3, -0.25) is 28.9 Å². The van der Waals surface area contributed by atoms with Gasteiger partial charge in [0.1, 0.15) is 12.1 Å². The topological polar surface area (TPSA) is 228 Å². The summed E-state index contributed by atoms with van der Waals surface area (Å²) in [5.41, 5.74) is 0.871. The van der Waals surface area contributed by atoms with Crippen molar-refractivity contribution in [3.8, 4) is 0 Å². The number of rotatable bonds is 38. The van der Waals surface area contributed by atoms with Crippen molar-refractivity contribution in [3.05, 3.63) is 35.9 Å². The monoisotopic (exact) mass is 1050 g/mol. The summed E-state index contributed by atoms with van der Waals surface area (Å²) in [5.74, 6) is -2.28. The molecule has 9 atom stereocenters. The maximum Gasteiger partial charge on any atom is 0.245 e. The van der Waals surface area contributed by atoms with Crippen molar-refractivity contribution in [2.45, 2.75) is 123 Å². The molecule has 5 amide bonds. The van der Waals surface area contributed by atoms with Gasteiger partial charge in [0.25, 0.3) is 0 Å². The van der Waals surface area contributed by atoms with E-state index in [-0.39, 0.29) is 85.9 Å². The molecular weight excluding hydrogens is 955 g/mol. The first-order valence-electron chi connectivity index (χ1n) is 27.1. The average molecular weight is 1050 g/mol. The molecule has 1 aromatic carbocycles. The van der Waals surface area contributed by atoms with Crippen LogP contribution < -0.4 is 21.3 Å². The summed E-state index contributed by atoms with van der Waals surface area (Å²) < 4.78 is 39.4. The van der Waals surface area contributed by atoms with Crippen molar-refractivity contribution in [1.82, 2.24) is 36.0 Å². The van der Waals surface area contributed by atoms with E-state index in [1.54, 1.807) is 30.9 Å². The van der Waals surface area contributed by atoms with Gasteiger partial charge in [-0.1, -0.05) is 85.2 Å². The Labute approximate surface area is 442 Å². The van der Waals surface area contributed by atoms with Crippen molar-refractivity contribution in [2.24, 2.45) is 23.7 Å². The molecule has 0 spiro atoms. The minimum Gasteiger partial charge on any atom is -0.394 e. The van der Waals surface area contributed by atoms with E-state index in [1.165, 1.54) is 7.11 Å². The van der Waals surface area contributed by atoms with Crippen molar-refractivity contribution in [2.75, 3.05) is 133 Å². The number of hydrogen-bond acceptors (Lipinski definition) is 15. The fourth-order valence-electron chi connectivity index (χ4n) is 9.91. The minimum atomic E-state index is -0.897. The van der Waals surface area contributed by atoms with Crippen molar-refractivity contribution >= 4 is 29.5 Å². The molecule has 2 aliphatic heterocycles. The number of benzene rings is 1.